The maximum absolute atomic E-state index is 8.98. The highest BCUT2D eigenvalue weighted by Crippen LogP contribution is 2.23. The van der Waals surface area contributed by atoms with Gasteiger partial charge in [-0.3, -0.25) is 0 Å². The third-order valence-electron chi connectivity index (χ3n) is 3.42. The van der Waals surface area contributed by atoms with Gasteiger partial charge in [-0.1, -0.05) is 81.7 Å². The third kappa shape index (κ3) is 5.09. The topological polar surface area (TPSA) is 23.8 Å². The van der Waals surface area contributed by atoms with E-state index in [-0.39, 0.29) is 0 Å². The molecular formula is C21H18BrN. The van der Waals surface area contributed by atoms with Crippen LogP contribution in [-0.4, -0.2) is 0 Å². The van der Waals surface area contributed by atoms with E-state index in [0.29, 0.717) is 0 Å². The van der Waals surface area contributed by atoms with Crippen molar-refractivity contribution in [3.8, 4) is 17.2 Å². The Bertz CT molecular complexity index is 775. The molecule has 0 spiro atoms. The highest BCUT2D eigenvalue weighted by molar-refractivity contribution is 9.10. The zero-order valence-corrected chi connectivity index (χ0v) is 14.8. The molecule has 0 aromatic heterocycles. The van der Waals surface area contributed by atoms with Crippen molar-refractivity contribution in [2.75, 3.05) is 0 Å². The Labute approximate surface area is 146 Å². The van der Waals surface area contributed by atoms with E-state index >= 15 is 0 Å². The molecule has 0 saturated carbocycles. The highest BCUT2D eigenvalue weighted by Gasteiger charge is 2.02. The average molecular weight is 364 g/mol. The first-order chi connectivity index (χ1) is 11.1. The van der Waals surface area contributed by atoms with Gasteiger partial charge in [-0.15, -0.1) is 0 Å². The van der Waals surface area contributed by atoms with Crippen molar-refractivity contribution in [1.82, 2.24) is 0 Å². The van der Waals surface area contributed by atoms with E-state index in [1.165, 1.54) is 11.1 Å². The van der Waals surface area contributed by atoms with Crippen LogP contribution in [0.15, 0.2) is 77.3 Å². The van der Waals surface area contributed by atoms with Crippen molar-refractivity contribution in [3.05, 3.63) is 94.0 Å². The number of hydrogen-bond acceptors (Lipinski definition) is 1. The van der Waals surface area contributed by atoms with Gasteiger partial charge in [-0.25, -0.2) is 0 Å². The van der Waals surface area contributed by atoms with Crippen LogP contribution in [0, 0.1) is 25.2 Å². The molecule has 3 rings (SSSR count). The second-order valence-electron chi connectivity index (χ2n) is 5.32. The molecule has 0 fully saturated rings. The van der Waals surface area contributed by atoms with Gasteiger partial charge < -0.3 is 0 Å². The summed E-state index contributed by atoms with van der Waals surface area (Å²) in [6.45, 7) is 4.13. The molecule has 1 nitrogen and oxygen atoms in total. The molecule has 23 heavy (non-hydrogen) atoms. The van der Waals surface area contributed by atoms with Crippen LogP contribution < -0.4 is 0 Å². The van der Waals surface area contributed by atoms with E-state index in [1.807, 2.05) is 48.5 Å². The first-order valence-corrected chi connectivity index (χ1v) is 8.18. The second-order valence-corrected chi connectivity index (χ2v) is 6.23. The molecule has 0 aliphatic carbocycles. The van der Waals surface area contributed by atoms with E-state index in [4.69, 9.17) is 5.26 Å². The SMILES string of the molecule is Cc1ccc(-c2ccccc2C#N)cc1.Cc1ccc(Br)cc1. The number of benzene rings is 3. The van der Waals surface area contributed by atoms with Crippen molar-refractivity contribution in [3.63, 3.8) is 0 Å². The molecule has 114 valence electrons. The lowest BCUT2D eigenvalue weighted by Gasteiger charge is -2.03. The second kappa shape index (κ2) is 8.31. The van der Waals surface area contributed by atoms with Crippen molar-refractivity contribution >= 4 is 15.9 Å². The molecule has 2 heteroatoms. The molecule has 3 aromatic carbocycles. The summed E-state index contributed by atoms with van der Waals surface area (Å²) < 4.78 is 1.14. The molecule has 0 atom stereocenters. The van der Waals surface area contributed by atoms with Gasteiger partial charge in [-0.05, 0) is 43.2 Å². The van der Waals surface area contributed by atoms with Crippen LogP contribution in [0.5, 0.6) is 0 Å². The average Bonchev–Trinajstić information content (AvgIpc) is 2.59. The van der Waals surface area contributed by atoms with Gasteiger partial charge in [0.15, 0.2) is 0 Å². The highest BCUT2D eigenvalue weighted by atomic mass is 79.9. The van der Waals surface area contributed by atoms with Gasteiger partial charge in [0.05, 0.1) is 11.6 Å². The number of halogens is 1. The molecule has 0 aliphatic heterocycles. The summed E-state index contributed by atoms with van der Waals surface area (Å²) in [7, 11) is 0. The molecule has 0 unspecified atom stereocenters. The number of nitrogens with zero attached hydrogens (tertiary/aromatic N) is 1. The fraction of sp³-hybridized carbons (Fsp3) is 0.0952. The summed E-state index contributed by atoms with van der Waals surface area (Å²) in [5.74, 6) is 0. The molecular weight excluding hydrogens is 346 g/mol. The molecule has 0 amide bonds. The van der Waals surface area contributed by atoms with E-state index < -0.39 is 0 Å². The number of aryl methyl sites for hydroxylation is 2. The van der Waals surface area contributed by atoms with Crippen LogP contribution in [0.25, 0.3) is 11.1 Å². The normalized spacial score (nSPS) is 9.48. The molecule has 0 bridgehead atoms. The van der Waals surface area contributed by atoms with Crippen molar-refractivity contribution < 1.29 is 0 Å². The lowest BCUT2D eigenvalue weighted by Crippen LogP contribution is -1.83. The van der Waals surface area contributed by atoms with Crippen molar-refractivity contribution in [1.29, 1.82) is 5.26 Å². The van der Waals surface area contributed by atoms with Gasteiger partial charge in [0.1, 0.15) is 0 Å². The van der Waals surface area contributed by atoms with Gasteiger partial charge >= 0.3 is 0 Å². The van der Waals surface area contributed by atoms with E-state index in [9.17, 15) is 0 Å². The summed E-state index contributed by atoms with van der Waals surface area (Å²) in [5, 5.41) is 8.98. The van der Waals surface area contributed by atoms with Gasteiger partial charge in [0, 0.05) is 4.47 Å². The molecule has 0 radical (unpaired) electrons. The quantitative estimate of drug-likeness (QED) is 0.498. The summed E-state index contributed by atoms with van der Waals surface area (Å²) in [5.41, 5.74) is 5.35. The monoisotopic (exact) mass is 363 g/mol. The van der Waals surface area contributed by atoms with Crippen LogP contribution in [0.3, 0.4) is 0 Å². The number of nitriles is 1. The van der Waals surface area contributed by atoms with Crippen molar-refractivity contribution in [2.24, 2.45) is 0 Å². The van der Waals surface area contributed by atoms with E-state index in [0.717, 1.165) is 21.2 Å². The molecule has 0 saturated heterocycles. The van der Waals surface area contributed by atoms with E-state index in [2.05, 4.69) is 60.1 Å². The van der Waals surface area contributed by atoms with Crippen LogP contribution in [0.1, 0.15) is 16.7 Å². The number of hydrogen-bond donors (Lipinski definition) is 0. The van der Waals surface area contributed by atoms with Gasteiger partial charge in [-0.2, -0.15) is 5.26 Å². The zero-order valence-electron chi connectivity index (χ0n) is 13.3. The van der Waals surface area contributed by atoms with Crippen LogP contribution in [-0.2, 0) is 0 Å². The van der Waals surface area contributed by atoms with Crippen LogP contribution in [0.4, 0.5) is 0 Å². The standard InChI is InChI=1S/C14H11N.C7H7Br/c1-11-6-8-12(9-7-11)14-5-3-2-4-13(14)10-15;1-6-2-4-7(8)5-3-6/h2-9H,1H3;2-5H,1H3. The van der Waals surface area contributed by atoms with Crippen molar-refractivity contribution in [2.45, 2.75) is 13.8 Å². The Morgan fingerprint density at radius 2 is 1.26 bits per heavy atom. The predicted molar refractivity (Wildman–Crippen MR) is 100 cm³/mol. The van der Waals surface area contributed by atoms with Crippen LogP contribution in [0.2, 0.25) is 0 Å². The maximum atomic E-state index is 8.98. The molecule has 3 aromatic rings. The predicted octanol–water partition coefficient (Wildman–Crippen LogP) is 6.29. The van der Waals surface area contributed by atoms with E-state index in [1.54, 1.807) is 0 Å². The lowest BCUT2D eigenvalue weighted by molar-refractivity contribution is 1.45. The minimum atomic E-state index is 0.723. The minimum Gasteiger partial charge on any atom is -0.192 e. The van der Waals surface area contributed by atoms with Gasteiger partial charge in [0.2, 0.25) is 0 Å². The Morgan fingerprint density at radius 1 is 0.739 bits per heavy atom. The Morgan fingerprint density at radius 3 is 1.78 bits per heavy atom. The third-order valence-corrected chi connectivity index (χ3v) is 3.95. The Kier molecular flexibility index (Phi) is 6.14. The minimum absolute atomic E-state index is 0.723. The zero-order chi connectivity index (χ0) is 16.7. The molecule has 0 N–H and O–H groups in total. The first kappa shape index (κ1) is 17.0. The Hall–Kier alpha value is -2.37. The lowest BCUT2D eigenvalue weighted by atomic mass is 10.00. The fourth-order valence-electron chi connectivity index (χ4n) is 2.10. The first-order valence-electron chi connectivity index (χ1n) is 7.38. The smallest absolute Gasteiger partial charge is 0.0998 e. The van der Waals surface area contributed by atoms with Gasteiger partial charge in [0.25, 0.3) is 0 Å². The maximum Gasteiger partial charge on any atom is 0.0998 e. The van der Waals surface area contributed by atoms with Crippen LogP contribution >= 0.6 is 15.9 Å². The summed E-state index contributed by atoms with van der Waals surface area (Å²) in [4.78, 5) is 0. The number of rotatable bonds is 1. The Balaban J connectivity index is 0.000000203. The summed E-state index contributed by atoms with van der Waals surface area (Å²) in [6.07, 6.45) is 0. The fourth-order valence-corrected chi connectivity index (χ4v) is 2.36. The molecule has 0 aliphatic rings. The summed E-state index contributed by atoms with van der Waals surface area (Å²) in [6, 6.07) is 26.3. The summed E-state index contributed by atoms with van der Waals surface area (Å²) >= 11 is 3.35. The molecule has 0 heterocycles. The largest absolute Gasteiger partial charge is 0.192 e.